The van der Waals surface area contributed by atoms with Crippen LogP contribution >= 0.6 is 27.5 Å². The average Bonchev–Trinajstić information content (AvgIpc) is 2.83. The lowest BCUT2D eigenvalue weighted by Gasteiger charge is -2.06. The number of pyridine rings is 1. The molecule has 21 heavy (non-hydrogen) atoms. The molecule has 0 bridgehead atoms. The minimum absolute atomic E-state index is 0.0887. The first-order valence-electron chi connectivity index (χ1n) is 6.04. The Morgan fingerprint density at radius 1 is 1.19 bits per heavy atom. The van der Waals surface area contributed by atoms with Crippen LogP contribution < -0.4 is 5.32 Å². The molecule has 2 aromatic heterocycles. The minimum Gasteiger partial charge on any atom is -0.377 e. The number of imidazole rings is 1. The molecule has 1 aromatic carbocycles. The normalized spacial score (nSPS) is 11.0. The van der Waals surface area contributed by atoms with Crippen LogP contribution in [-0.2, 0) is 6.54 Å². The zero-order valence-electron chi connectivity index (χ0n) is 10.6. The number of halogens is 4. The maximum atomic E-state index is 13.7. The van der Waals surface area contributed by atoms with Crippen LogP contribution in [0.5, 0.6) is 0 Å². The Bertz CT molecular complexity index is 819. The van der Waals surface area contributed by atoms with Gasteiger partial charge in [0.1, 0.15) is 17.3 Å². The quantitative estimate of drug-likeness (QED) is 0.679. The third-order valence-corrected chi connectivity index (χ3v) is 3.77. The second-order valence-corrected chi connectivity index (χ2v) is 5.74. The fourth-order valence-electron chi connectivity index (χ4n) is 1.95. The summed E-state index contributed by atoms with van der Waals surface area (Å²) in [5.74, 6) is -1.06. The summed E-state index contributed by atoms with van der Waals surface area (Å²) < 4.78 is 29.0. The van der Waals surface area contributed by atoms with Gasteiger partial charge in [-0.05, 0) is 34.1 Å². The van der Waals surface area contributed by atoms with Gasteiger partial charge in [0.15, 0.2) is 0 Å². The molecule has 0 aliphatic carbocycles. The number of aromatic nitrogens is 2. The fourth-order valence-corrected chi connectivity index (χ4v) is 2.43. The zero-order chi connectivity index (χ0) is 15.0. The molecule has 3 nitrogen and oxygen atoms in total. The maximum Gasteiger partial charge on any atom is 0.147 e. The van der Waals surface area contributed by atoms with E-state index in [1.807, 2.05) is 0 Å². The smallest absolute Gasteiger partial charge is 0.147 e. The summed E-state index contributed by atoms with van der Waals surface area (Å²) in [6, 6.07) is 5.71. The molecule has 2 heterocycles. The van der Waals surface area contributed by atoms with E-state index in [0.717, 1.165) is 17.8 Å². The molecular weight excluding hydrogens is 364 g/mol. The molecule has 0 aliphatic heterocycles. The van der Waals surface area contributed by atoms with Crippen molar-refractivity contribution in [3.8, 4) is 0 Å². The lowest BCUT2D eigenvalue weighted by molar-refractivity contribution is 0.596. The van der Waals surface area contributed by atoms with Gasteiger partial charge >= 0.3 is 0 Å². The maximum absolute atomic E-state index is 13.7. The Kier molecular flexibility index (Phi) is 3.82. The lowest BCUT2D eigenvalue weighted by atomic mass is 10.3. The lowest BCUT2D eigenvalue weighted by Crippen LogP contribution is -2.02. The number of benzene rings is 1. The van der Waals surface area contributed by atoms with Crippen molar-refractivity contribution < 1.29 is 8.78 Å². The SMILES string of the molecule is Fc1cc(NCc2cn3cc(Cl)ccc3n2)c(F)cc1Br. The van der Waals surface area contributed by atoms with Crippen LogP contribution in [0.15, 0.2) is 41.1 Å². The molecule has 108 valence electrons. The van der Waals surface area contributed by atoms with Gasteiger partial charge < -0.3 is 9.72 Å². The number of fused-ring (bicyclic) bond motifs is 1. The molecule has 0 fully saturated rings. The standard InChI is InChI=1S/C14H9BrClF2N3/c15-10-3-12(18)13(4-11(10)17)19-5-9-7-21-6-8(16)1-2-14(21)20-9/h1-4,6-7,19H,5H2. The van der Waals surface area contributed by atoms with Crippen LogP contribution in [0.1, 0.15) is 5.69 Å². The summed E-state index contributed by atoms with van der Waals surface area (Å²) in [4.78, 5) is 4.35. The number of nitrogens with one attached hydrogen (secondary N) is 1. The topological polar surface area (TPSA) is 29.3 Å². The van der Waals surface area contributed by atoms with Crippen LogP contribution in [0.4, 0.5) is 14.5 Å². The molecule has 0 amide bonds. The molecule has 0 radical (unpaired) electrons. The van der Waals surface area contributed by atoms with E-state index >= 15 is 0 Å². The number of hydrogen-bond acceptors (Lipinski definition) is 2. The molecule has 3 rings (SSSR count). The van der Waals surface area contributed by atoms with Crippen molar-refractivity contribution in [2.24, 2.45) is 0 Å². The van der Waals surface area contributed by atoms with E-state index in [0.29, 0.717) is 10.7 Å². The van der Waals surface area contributed by atoms with Crippen LogP contribution in [0.3, 0.4) is 0 Å². The van der Waals surface area contributed by atoms with Gasteiger partial charge in [0, 0.05) is 18.5 Å². The van der Waals surface area contributed by atoms with Crippen LogP contribution in [0.25, 0.3) is 5.65 Å². The Morgan fingerprint density at radius 3 is 2.81 bits per heavy atom. The third-order valence-electron chi connectivity index (χ3n) is 2.93. The van der Waals surface area contributed by atoms with Gasteiger partial charge in [0.25, 0.3) is 0 Å². The van der Waals surface area contributed by atoms with E-state index in [-0.39, 0.29) is 16.7 Å². The number of nitrogens with zero attached hydrogens (tertiary/aromatic N) is 2. The van der Waals surface area contributed by atoms with Crippen molar-refractivity contribution in [1.29, 1.82) is 0 Å². The van der Waals surface area contributed by atoms with E-state index in [9.17, 15) is 8.78 Å². The van der Waals surface area contributed by atoms with E-state index in [4.69, 9.17) is 11.6 Å². The Balaban J connectivity index is 1.81. The zero-order valence-corrected chi connectivity index (χ0v) is 12.9. The molecule has 0 unspecified atom stereocenters. The predicted molar refractivity (Wildman–Crippen MR) is 81.6 cm³/mol. The van der Waals surface area contributed by atoms with Crippen LogP contribution in [-0.4, -0.2) is 9.38 Å². The third kappa shape index (κ3) is 3.01. The van der Waals surface area contributed by atoms with Gasteiger partial charge in [-0.1, -0.05) is 11.6 Å². The monoisotopic (exact) mass is 371 g/mol. The van der Waals surface area contributed by atoms with E-state index < -0.39 is 11.6 Å². The molecule has 0 spiro atoms. The van der Waals surface area contributed by atoms with Gasteiger partial charge in [0.2, 0.25) is 0 Å². The highest BCUT2D eigenvalue weighted by atomic mass is 79.9. The molecule has 1 N–H and O–H groups in total. The predicted octanol–water partition coefficient (Wildman–Crippen LogP) is 4.64. The molecule has 0 aliphatic rings. The van der Waals surface area contributed by atoms with Crippen molar-refractivity contribution >= 4 is 38.9 Å². The Morgan fingerprint density at radius 2 is 2.00 bits per heavy atom. The number of anilines is 1. The fraction of sp³-hybridized carbons (Fsp3) is 0.0714. The van der Waals surface area contributed by atoms with E-state index in [1.165, 1.54) is 0 Å². The first-order chi connectivity index (χ1) is 10.0. The summed E-state index contributed by atoms with van der Waals surface area (Å²) in [5, 5.41) is 3.43. The highest BCUT2D eigenvalue weighted by Gasteiger charge is 2.09. The molecule has 0 saturated carbocycles. The second kappa shape index (κ2) is 5.61. The highest BCUT2D eigenvalue weighted by molar-refractivity contribution is 9.10. The molecule has 7 heteroatoms. The van der Waals surface area contributed by atoms with Crippen molar-refractivity contribution in [3.05, 3.63) is 63.5 Å². The summed E-state index contributed by atoms with van der Waals surface area (Å²) in [6.07, 6.45) is 3.51. The molecule has 3 aromatic rings. The first-order valence-corrected chi connectivity index (χ1v) is 7.21. The van der Waals surface area contributed by atoms with Crippen molar-refractivity contribution in [2.75, 3.05) is 5.32 Å². The van der Waals surface area contributed by atoms with Crippen LogP contribution in [0, 0.1) is 11.6 Å². The number of rotatable bonds is 3. The highest BCUT2D eigenvalue weighted by Crippen LogP contribution is 2.23. The summed E-state index contributed by atoms with van der Waals surface area (Å²) in [7, 11) is 0. The summed E-state index contributed by atoms with van der Waals surface area (Å²) in [6.45, 7) is 0.275. The molecular formula is C14H9BrClF2N3. The Hall–Kier alpha value is -1.66. The van der Waals surface area contributed by atoms with Gasteiger partial charge in [-0.2, -0.15) is 0 Å². The first kappa shape index (κ1) is 14.3. The van der Waals surface area contributed by atoms with E-state index in [1.54, 1.807) is 28.9 Å². The van der Waals surface area contributed by atoms with E-state index in [2.05, 4.69) is 26.2 Å². The van der Waals surface area contributed by atoms with Crippen LogP contribution in [0.2, 0.25) is 5.02 Å². The molecule has 0 atom stereocenters. The second-order valence-electron chi connectivity index (χ2n) is 4.44. The summed E-state index contributed by atoms with van der Waals surface area (Å²) in [5.41, 5.74) is 1.52. The van der Waals surface area contributed by atoms with Crippen molar-refractivity contribution in [2.45, 2.75) is 6.54 Å². The van der Waals surface area contributed by atoms with Crippen molar-refractivity contribution in [1.82, 2.24) is 9.38 Å². The largest absolute Gasteiger partial charge is 0.377 e. The van der Waals surface area contributed by atoms with Gasteiger partial charge in [-0.15, -0.1) is 0 Å². The van der Waals surface area contributed by atoms with Gasteiger partial charge in [-0.25, -0.2) is 13.8 Å². The van der Waals surface area contributed by atoms with Gasteiger partial charge in [-0.3, -0.25) is 0 Å². The Labute approximate surface area is 132 Å². The van der Waals surface area contributed by atoms with Gasteiger partial charge in [0.05, 0.1) is 27.4 Å². The minimum atomic E-state index is -0.532. The number of hydrogen-bond donors (Lipinski definition) is 1. The summed E-state index contributed by atoms with van der Waals surface area (Å²) >= 11 is 8.83. The average molecular weight is 373 g/mol. The molecule has 0 saturated heterocycles. The van der Waals surface area contributed by atoms with Crippen molar-refractivity contribution in [3.63, 3.8) is 0 Å².